The smallest absolute Gasteiger partial charge is 0.171 e. The number of ether oxygens (including phenoxy) is 2. The van der Waals surface area contributed by atoms with E-state index in [1.807, 2.05) is 30.3 Å². The van der Waals surface area contributed by atoms with Gasteiger partial charge in [0.05, 0.1) is 19.8 Å². The number of hydrogen-bond acceptors (Lipinski definition) is 3. The molecule has 2 rings (SSSR count). The number of methoxy groups -OCH3 is 2. The second-order valence-corrected chi connectivity index (χ2v) is 3.36. The van der Waals surface area contributed by atoms with Crippen LogP contribution in [0.2, 0.25) is 0 Å². The van der Waals surface area contributed by atoms with E-state index in [1.165, 1.54) is 7.11 Å². The highest BCUT2D eigenvalue weighted by Gasteiger charge is 2.13. The van der Waals surface area contributed by atoms with E-state index in [0.29, 0.717) is 17.1 Å². The highest BCUT2D eigenvalue weighted by molar-refractivity contribution is 6.02. The molecule has 3 nitrogen and oxygen atoms in total. The maximum Gasteiger partial charge on any atom is 0.171 e. The van der Waals surface area contributed by atoms with E-state index in [2.05, 4.69) is 0 Å². The average Bonchev–Trinajstić information content (AvgIpc) is 2.36. The third-order valence-electron chi connectivity index (χ3n) is 2.55. The largest absolute Gasteiger partial charge is 0.493 e. The van der Waals surface area contributed by atoms with Gasteiger partial charge in [-0.2, -0.15) is 0 Å². The Morgan fingerprint density at radius 1 is 1.12 bits per heavy atom. The monoisotopic (exact) mass is 216 g/mol. The van der Waals surface area contributed by atoms with Crippen LogP contribution in [0.1, 0.15) is 10.4 Å². The van der Waals surface area contributed by atoms with Crippen molar-refractivity contribution in [2.45, 2.75) is 0 Å². The summed E-state index contributed by atoms with van der Waals surface area (Å²) in [5, 5.41) is 1.83. The van der Waals surface area contributed by atoms with Gasteiger partial charge >= 0.3 is 0 Å². The number of benzene rings is 2. The van der Waals surface area contributed by atoms with Crippen LogP contribution in [0.25, 0.3) is 10.8 Å². The van der Waals surface area contributed by atoms with E-state index in [9.17, 15) is 4.79 Å². The number of fused-ring (bicyclic) bond motifs is 1. The average molecular weight is 216 g/mol. The molecule has 0 radical (unpaired) electrons. The third-order valence-corrected chi connectivity index (χ3v) is 2.55. The van der Waals surface area contributed by atoms with Gasteiger partial charge in [-0.25, -0.2) is 0 Å². The molecule has 0 fully saturated rings. The first-order valence-electron chi connectivity index (χ1n) is 4.90. The van der Waals surface area contributed by atoms with Crippen molar-refractivity contribution in [1.82, 2.24) is 0 Å². The third kappa shape index (κ3) is 1.50. The van der Waals surface area contributed by atoms with Crippen LogP contribution in [0.4, 0.5) is 0 Å². The summed E-state index contributed by atoms with van der Waals surface area (Å²) in [6.07, 6.45) is 0.795. The van der Waals surface area contributed by atoms with Crippen molar-refractivity contribution in [3.8, 4) is 11.5 Å². The second-order valence-electron chi connectivity index (χ2n) is 3.36. The van der Waals surface area contributed by atoms with Crippen LogP contribution in [0.3, 0.4) is 0 Å². The molecule has 0 aliphatic carbocycles. The quantitative estimate of drug-likeness (QED) is 0.740. The van der Waals surface area contributed by atoms with Crippen molar-refractivity contribution in [2.75, 3.05) is 14.2 Å². The maximum absolute atomic E-state index is 11.1. The Hall–Kier alpha value is -2.03. The van der Waals surface area contributed by atoms with Crippen LogP contribution in [0, 0.1) is 0 Å². The molecule has 2 aromatic rings. The van der Waals surface area contributed by atoms with Crippen molar-refractivity contribution >= 4 is 17.1 Å². The first-order chi connectivity index (χ1) is 7.81. The fraction of sp³-hybridized carbons (Fsp3) is 0.154. The summed E-state index contributed by atoms with van der Waals surface area (Å²) in [6.45, 7) is 0. The van der Waals surface area contributed by atoms with Crippen LogP contribution >= 0.6 is 0 Å². The topological polar surface area (TPSA) is 35.5 Å². The summed E-state index contributed by atoms with van der Waals surface area (Å²) in [6, 6.07) is 9.50. The van der Waals surface area contributed by atoms with E-state index < -0.39 is 0 Å². The Bertz CT molecular complexity index is 532. The molecule has 0 aromatic heterocycles. The molecule has 0 atom stereocenters. The van der Waals surface area contributed by atoms with Gasteiger partial charge in [0, 0.05) is 0 Å². The van der Waals surface area contributed by atoms with Crippen LogP contribution < -0.4 is 9.47 Å². The van der Waals surface area contributed by atoms with Crippen LogP contribution in [0.15, 0.2) is 30.3 Å². The van der Waals surface area contributed by atoms with Crippen LogP contribution in [-0.2, 0) is 0 Å². The van der Waals surface area contributed by atoms with Gasteiger partial charge in [-0.05, 0) is 16.8 Å². The zero-order chi connectivity index (χ0) is 11.5. The lowest BCUT2D eigenvalue weighted by atomic mass is 10.0. The van der Waals surface area contributed by atoms with Gasteiger partial charge in [-0.15, -0.1) is 0 Å². The summed E-state index contributed by atoms with van der Waals surface area (Å²) in [5.74, 6) is 1.06. The fourth-order valence-corrected chi connectivity index (χ4v) is 1.81. The van der Waals surface area contributed by atoms with Gasteiger partial charge in [-0.3, -0.25) is 4.79 Å². The zero-order valence-corrected chi connectivity index (χ0v) is 9.19. The van der Waals surface area contributed by atoms with E-state index in [4.69, 9.17) is 9.47 Å². The van der Waals surface area contributed by atoms with Crippen molar-refractivity contribution in [2.24, 2.45) is 0 Å². The molecule has 0 N–H and O–H groups in total. The highest BCUT2D eigenvalue weighted by Crippen LogP contribution is 2.36. The highest BCUT2D eigenvalue weighted by atomic mass is 16.5. The molecular weight excluding hydrogens is 204 g/mol. The van der Waals surface area contributed by atoms with Crippen molar-refractivity contribution in [3.63, 3.8) is 0 Å². The van der Waals surface area contributed by atoms with E-state index in [-0.39, 0.29) is 0 Å². The molecule has 0 unspecified atom stereocenters. The Morgan fingerprint density at radius 3 is 2.50 bits per heavy atom. The number of aldehydes is 1. The molecule has 0 heterocycles. The van der Waals surface area contributed by atoms with Crippen molar-refractivity contribution < 1.29 is 14.3 Å². The molecule has 16 heavy (non-hydrogen) atoms. The normalized spacial score (nSPS) is 10.1. The molecular formula is C13H12O3. The van der Waals surface area contributed by atoms with Gasteiger partial charge in [0.2, 0.25) is 0 Å². The summed E-state index contributed by atoms with van der Waals surface area (Å²) in [7, 11) is 3.08. The molecule has 0 spiro atoms. The van der Waals surface area contributed by atoms with Crippen molar-refractivity contribution in [1.29, 1.82) is 0 Å². The van der Waals surface area contributed by atoms with Gasteiger partial charge < -0.3 is 9.47 Å². The molecule has 0 bridgehead atoms. The van der Waals surface area contributed by atoms with Gasteiger partial charge in [0.15, 0.2) is 17.8 Å². The Balaban J connectivity index is 2.87. The standard InChI is InChI=1S/C13H12O3/c1-15-12-7-9-5-3-4-6-10(9)11(8-14)13(12)16-2/h3-8H,1-2H3. The fourth-order valence-electron chi connectivity index (χ4n) is 1.81. The number of carbonyl (C=O) groups is 1. The lowest BCUT2D eigenvalue weighted by Crippen LogP contribution is -1.96. The summed E-state index contributed by atoms with van der Waals surface area (Å²) >= 11 is 0. The first kappa shape index (κ1) is 10.5. The van der Waals surface area contributed by atoms with E-state index >= 15 is 0 Å². The molecule has 3 heteroatoms. The molecule has 2 aromatic carbocycles. The second kappa shape index (κ2) is 4.23. The van der Waals surface area contributed by atoms with Gasteiger partial charge in [0.25, 0.3) is 0 Å². The lowest BCUT2D eigenvalue weighted by molar-refractivity contribution is 0.112. The molecule has 0 aliphatic rings. The first-order valence-corrected chi connectivity index (χ1v) is 4.90. The molecule has 0 aliphatic heterocycles. The SMILES string of the molecule is COc1cc2ccccc2c(C=O)c1OC. The Labute approximate surface area is 93.6 Å². The van der Waals surface area contributed by atoms with Crippen LogP contribution in [-0.4, -0.2) is 20.5 Å². The molecule has 0 saturated carbocycles. The molecule has 0 amide bonds. The van der Waals surface area contributed by atoms with Gasteiger partial charge in [-0.1, -0.05) is 24.3 Å². The molecule has 0 saturated heterocycles. The minimum atomic E-state index is 0.483. The van der Waals surface area contributed by atoms with Crippen LogP contribution in [0.5, 0.6) is 11.5 Å². The lowest BCUT2D eigenvalue weighted by Gasteiger charge is -2.12. The Kier molecular flexibility index (Phi) is 2.77. The summed E-state index contributed by atoms with van der Waals surface area (Å²) < 4.78 is 10.4. The zero-order valence-electron chi connectivity index (χ0n) is 9.19. The predicted molar refractivity (Wildman–Crippen MR) is 62.4 cm³/mol. The van der Waals surface area contributed by atoms with Crippen molar-refractivity contribution in [3.05, 3.63) is 35.9 Å². The van der Waals surface area contributed by atoms with E-state index in [1.54, 1.807) is 7.11 Å². The van der Waals surface area contributed by atoms with E-state index in [0.717, 1.165) is 17.1 Å². The number of rotatable bonds is 3. The summed E-state index contributed by atoms with van der Waals surface area (Å²) in [5.41, 5.74) is 0.525. The minimum Gasteiger partial charge on any atom is -0.493 e. The van der Waals surface area contributed by atoms with Gasteiger partial charge in [0.1, 0.15) is 0 Å². The number of hydrogen-bond donors (Lipinski definition) is 0. The summed E-state index contributed by atoms with van der Waals surface area (Å²) in [4.78, 5) is 11.1. The predicted octanol–water partition coefficient (Wildman–Crippen LogP) is 2.67. The number of carbonyl (C=O) groups excluding carboxylic acids is 1. The Morgan fingerprint density at radius 2 is 1.88 bits per heavy atom. The molecule has 82 valence electrons. The maximum atomic E-state index is 11.1. The minimum absolute atomic E-state index is 0.483.